The lowest BCUT2D eigenvalue weighted by Crippen LogP contribution is -2.40. The van der Waals surface area contributed by atoms with E-state index in [0.29, 0.717) is 19.8 Å². The van der Waals surface area contributed by atoms with Gasteiger partial charge in [-0.25, -0.2) is 4.79 Å². The molecule has 6 nitrogen and oxygen atoms in total. The molecule has 3 N–H and O–H groups in total. The van der Waals surface area contributed by atoms with E-state index in [9.17, 15) is 9.90 Å². The normalized spacial score (nSPS) is 20.5. The van der Waals surface area contributed by atoms with Crippen molar-refractivity contribution in [3.8, 4) is 0 Å². The van der Waals surface area contributed by atoms with E-state index in [4.69, 9.17) is 9.47 Å². The molecule has 0 atom stereocenters. The summed E-state index contributed by atoms with van der Waals surface area (Å²) in [6.07, 6.45) is 3.13. The third kappa shape index (κ3) is 7.86. The molecular formula is C19H30N2O4. The number of nitrogens with one attached hydrogen (secondary N) is 2. The second-order valence-corrected chi connectivity index (χ2v) is 6.78. The molecule has 0 bridgehead atoms. The highest BCUT2D eigenvalue weighted by Gasteiger charge is 2.20. The van der Waals surface area contributed by atoms with Gasteiger partial charge in [0.15, 0.2) is 0 Å². The van der Waals surface area contributed by atoms with Crippen LogP contribution in [0.5, 0.6) is 0 Å². The van der Waals surface area contributed by atoms with E-state index in [1.54, 1.807) is 0 Å². The van der Waals surface area contributed by atoms with Gasteiger partial charge in [0.25, 0.3) is 0 Å². The Hall–Kier alpha value is -1.63. The summed E-state index contributed by atoms with van der Waals surface area (Å²) in [6, 6.07) is 7.56. The summed E-state index contributed by atoms with van der Waals surface area (Å²) in [5, 5.41) is 15.3. The van der Waals surface area contributed by atoms with Crippen molar-refractivity contribution in [2.24, 2.45) is 0 Å². The summed E-state index contributed by atoms with van der Waals surface area (Å²) in [5.41, 5.74) is 1.75. The van der Waals surface area contributed by atoms with E-state index >= 15 is 0 Å². The molecule has 0 aromatic heterocycles. The highest BCUT2D eigenvalue weighted by Crippen LogP contribution is 2.18. The van der Waals surface area contributed by atoms with Crippen molar-refractivity contribution in [2.75, 3.05) is 18.5 Å². The van der Waals surface area contributed by atoms with Crippen LogP contribution in [-0.2, 0) is 16.1 Å². The summed E-state index contributed by atoms with van der Waals surface area (Å²) >= 11 is 0. The molecule has 1 saturated carbocycles. The fourth-order valence-electron chi connectivity index (χ4n) is 2.84. The number of carbonyl (C=O) groups is 1. The predicted octanol–water partition coefficient (Wildman–Crippen LogP) is 3.05. The van der Waals surface area contributed by atoms with Gasteiger partial charge in [-0.1, -0.05) is 12.1 Å². The van der Waals surface area contributed by atoms with E-state index in [-0.39, 0.29) is 24.3 Å². The second-order valence-electron chi connectivity index (χ2n) is 6.78. The molecule has 0 radical (unpaired) electrons. The van der Waals surface area contributed by atoms with Crippen molar-refractivity contribution in [3.05, 3.63) is 29.8 Å². The number of rotatable bonds is 8. The van der Waals surface area contributed by atoms with Gasteiger partial charge in [-0.2, -0.15) is 0 Å². The Balaban J connectivity index is 1.71. The summed E-state index contributed by atoms with van der Waals surface area (Å²) in [6.45, 7) is 5.60. The molecule has 140 valence electrons. The Kier molecular flexibility index (Phi) is 8.18. The molecule has 1 aromatic rings. The summed E-state index contributed by atoms with van der Waals surface area (Å²) < 4.78 is 11.0. The first-order chi connectivity index (χ1) is 12.0. The van der Waals surface area contributed by atoms with Gasteiger partial charge in [0.1, 0.15) is 0 Å². The van der Waals surface area contributed by atoms with Crippen LogP contribution in [0.4, 0.5) is 10.5 Å². The van der Waals surface area contributed by atoms with Gasteiger partial charge in [0, 0.05) is 11.7 Å². The molecule has 1 aromatic carbocycles. The van der Waals surface area contributed by atoms with Gasteiger partial charge >= 0.3 is 6.03 Å². The highest BCUT2D eigenvalue weighted by molar-refractivity contribution is 5.89. The SMILES string of the molecule is CC(C)OCCOCc1cccc(NC(=O)NC2CCC(O)CC2)c1. The zero-order valence-electron chi connectivity index (χ0n) is 15.2. The Morgan fingerprint density at radius 2 is 2.00 bits per heavy atom. The summed E-state index contributed by atoms with van der Waals surface area (Å²) in [5.74, 6) is 0. The number of urea groups is 1. The second kappa shape index (κ2) is 10.4. The zero-order chi connectivity index (χ0) is 18.1. The van der Waals surface area contributed by atoms with Crippen molar-refractivity contribution in [3.63, 3.8) is 0 Å². The van der Waals surface area contributed by atoms with Crippen LogP contribution in [0.25, 0.3) is 0 Å². The zero-order valence-corrected chi connectivity index (χ0v) is 15.2. The van der Waals surface area contributed by atoms with Crippen LogP contribution in [0.3, 0.4) is 0 Å². The van der Waals surface area contributed by atoms with Crippen LogP contribution >= 0.6 is 0 Å². The first-order valence-corrected chi connectivity index (χ1v) is 9.07. The molecule has 0 unspecified atom stereocenters. The quantitative estimate of drug-likeness (QED) is 0.630. The number of carbonyl (C=O) groups excluding carboxylic acids is 1. The van der Waals surface area contributed by atoms with Crippen LogP contribution in [0.2, 0.25) is 0 Å². The van der Waals surface area contributed by atoms with Crippen LogP contribution in [0.1, 0.15) is 45.1 Å². The molecule has 0 spiro atoms. The van der Waals surface area contributed by atoms with E-state index in [0.717, 1.165) is 36.9 Å². The Labute approximate surface area is 149 Å². The maximum atomic E-state index is 12.1. The van der Waals surface area contributed by atoms with E-state index < -0.39 is 0 Å². The molecule has 2 rings (SSSR count). The van der Waals surface area contributed by atoms with Crippen molar-refractivity contribution in [1.82, 2.24) is 5.32 Å². The van der Waals surface area contributed by atoms with Crippen molar-refractivity contribution < 1.29 is 19.4 Å². The Morgan fingerprint density at radius 3 is 2.72 bits per heavy atom. The number of anilines is 1. The highest BCUT2D eigenvalue weighted by atomic mass is 16.5. The number of amides is 2. The molecule has 1 aliphatic carbocycles. The lowest BCUT2D eigenvalue weighted by Gasteiger charge is -2.26. The molecule has 25 heavy (non-hydrogen) atoms. The molecule has 1 aliphatic rings. The van der Waals surface area contributed by atoms with Crippen LogP contribution in [-0.4, -0.2) is 42.6 Å². The smallest absolute Gasteiger partial charge is 0.319 e. The molecule has 0 heterocycles. The maximum Gasteiger partial charge on any atom is 0.319 e. The van der Waals surface area contributed by atoms with Gasteiger partial charge in [-0.15, -0.1) is 0 Å². The van der Waals surface area contributed by atoms with E-state index in [2.05, 4.69) is 10.6 Å². The summed E-state index contributed by atoms with van der Waals surface area (Å²) in [4.78, 5) is 12.1. The standard InChI is InChI=1S/C19H30N2O4/c1-14(2)25-11-10-24-13-15-4-3-5-17(12-15)21-19(23)20-16-6-8-18(22)9-7-16/h3-5,12,14,16,18,22H,6-11,13H2,1-2H3,(H2,20,21,23). The van der Waals surface area contributed by atoms with Crippen molar-refractivity contribution >= 4 is 11.7 Å². The first-order valence-electron chi connectivity index (χ1n) is 9.07. The average Bonchev–Trinajstić information content (AvgIpc) is 2.57. The number of hydrogen-bond acceptors (Lipinski definition) is 4. The number of aliphatic hydroxyl groups excluding tert-OH is 1. The minimum Gasteiger partial charge on any atom is -0.393 e. The van der Waals surface area contributed by atoms with E-state index in [1.807, 2.05) is 38.1 Å². The van der Waals surface area contributed by atoms with Crippen LogP contribution in [0.15, 0.2) is 24.3 Å². The number of benzene rings is 1. The van der Waals surface area contributed by atoms with Gasteiger partial charge in [-0.3, -0.25) is 0 Å². The third-order valence-corrected chi connectivity index (χ3v) is 4.16. The van der Waals surface area contributed by atoms with E-state index in [1.165, 1.54) is 0 Å². The van der Waals surface area contributed by atoms with Gasteiger partial charge in [0.2, 0.25) is 0 Å². The van der Waals surface area contributed by atoms with Gasteiger partial charge < -0.3 is 25.2 Å². The fraction of sp³-hybridized carbons (Fsp3) is 0.632. The predicted molar refractivity (Wildman–Crippen MR) is 97.6 cm³/mol. The van der Waals surface area contributed by atoms with Crippen LogP contribution < -0.4 is 10.6 Å². The van der Waals surface area contributed by atoms with Crippen LogP contribution in [0, 0.1) is 0 Å². The molecule has 6 heteroatoms. The van der Waals surface area contributed by atoms with Crippen molar-refractivity contribution in [1.29, 1.82) is 0 Å². The monoisotopic (exact) mass is 350 g/mol. The van der Waals surface area contributed by atoms with Crippen molar-refractivity contribution in [2.45, 2.75) is 64.4 Å². The molecule has 0 aliphatic heterocycles. The topological polar surface area (TPSA) is 79.8 Å². The lowest BCUT2D eigenvalue weighted by molar-refractivity contribution is 0.0143. The minimum atomic E-state index is -0.219. The number of aliphatic hydroxyl groups is 1. The largest absolute Gasteiger partial charge is 0.393 e. The van der Waals surface area contributed by atoms with Gasteiger partial charge in [-0.05, 0) is 57.2 Å². The average molecular weight is 350 g/mol. The number of ether oxygens (including phenoxy) is 2. The molecular weight excluding hydrogens is 320 g/mol. The molecule has 0 saturated heterocycles. The van der Waals surface area contributed by atoms with Gasteiger partial charge in [0.05, 0.1) is 32.0 Å². The maximum absolute atomic E-state index is 12.1. The molecule has 2 amide bonds. The fourth-order valence-corrected chi connectivity index (χ4v) is 2.84. The minimum absolute atomic E-state index is 0.135. The molecule has 1 fully saturated rings. The Bertz CT molecular complexity index is 528. The summed E-state index contributed by atoms with van der Waals surface area (Å²) in [7, 11) is 0. The first kappa shape index (κ1) is 19.7. The number of hydrogen-bond donors (Lipinski definition) is 3. The lowest BCUT2D eigenvalue weighted by atomic mass is 9.93. The third-order valence-electron chi connectivity index (χ3n) is 4.16. The Morgan fingerprint density at radius 1 is 1.24 bits per heavy atom.